The fourth-order valence-corrected chi connectivity index (χ4v) is 2.55. The van der Waals surface area contributed by atoms with Crippen LogP contribution in [0.5, 0.6) is 0 Å². The number of carbonyl (C=O) groups is 1. The number of ether oxygens (including phenoxy) is 1. The van der Waals surface area contributed by atoms with Gasteiger partial charge in [0.2, 0.25) is 0 Å². The van der Waals surface area contributed by atoms with Gasteiger partial charge in [0.15, 0.2) is 17.8 Å². The molecule has 0 unspecified atom stereocenters. The highest BCUT2D eigenvalue weighted by atomic mass is 35.5. The molecule has 0 bridgehead atoms. The van der Waals surface area contributed by atoms with Gasteiger partial charge < -0.3 is 14.5 Å². The van der Waals surface area contributed by atoms with Gasteiger partial charge in [-0.15, -0.1) is 0 Å². The first kappa shape index (κ1) is 19.7. The van der Waals surface area contributed by atoms with Gasteiger partial charge in [-0.25, -0.2) is 14.8 Å². The van der Waals surface area contributed by atoms with E-state index in [2.05, 4.69) is 15.3 Å². The minimum atomic E-state index is -4.67. The smallest absolute Gasteiger partial charge is 0.433 e. The van der Waals surface area contributed by atoms with Crippen molar-refractivity contribution in [2.45, 2.75) is 13.1 Å². The fraction of sp³-hybridized carbons (Fsp3) is 0.167. The standard InChI is InChI=1S/C18H13ClF3N3O3/c1-2-27-17(26)14-15(28-9-23-14)10-7-8-13(18(20,21)22)25-16(10)24-12-6-4-3-5-11(12)19/h3-9H,2H2,1H3,(H,24,25). The number of nitrogens with one attached hydrogen (secondary N) is 1. The average Bonchev–Trinajstić information content (AvgIpc) is 3.13. The molecule has 146 valence electrons. The molecule has 1 N–H and O–H groups in total. The van der Waals surface area contributed by atoms with Gasteiger partial charge in [-0.05, 0) is 31.2 Å². The van der Waals surface area contributed by atoms with Crippen LogP contribution in [0, 0.1) is 0 Å². The van der Waals surface area contributed by atoms with E-state index in [0.29, 0.717) is 5.69 Å². The Kier molecular flexibility index (Phi) is 5.55. The molecule has 0 saturated carbocycles. The van der Waals surface area contributed by atoms with Gasteiger partial charge in [0.05, 0.1) is 22.9 Å². The number of benzene rings is 1. The number of oxazole rings is 1. The number of rotatable bonds is 5. The molecule has 3 aromatic rings. The molecule has 0 saturated heterocycles. The van der Waals surface area contributed by atoms with Crippen LogP contribution in [0.15, 0.2) is 47.2 Å². The van der Waals surface area contributed by atoms with Crippen LogP contribution in [0.2, 0.25) is 5.02 Å². The Bertz CT molecular complexity index is 1000. The van der Waals surface area contributed by atoms with E-state index < -0.39 is 17.8 Å². The maximum absolute atomic E-state index is 13.1. The molecule has 0 spiro atoms. The molecule has 0 fully saturated rings. The molecule has 28 heavy (non-hydrogen) atoms. The minimum absolute atomic E-state index is 0.0748. The van der Waals surface area contributed by atoms with E-state index in [4.69, 9.17) is 20.8 Å². The van der Waals surface area contributed by atoms with Crippen molar-refractivity contribution in [3.63, 3.8) is 0 Å². The van der Waals surface area contributed by atoms with Crippen LogP contribution >= 0.6 is 11.6 Å². The minimum Gasteiger partial charge on any atom is -0.461 e. The highest BCUT2D eigenvalue weighted by Crippen LogP contribution is 2.36. The van der Waals surface area contributed by atoms with E-state index in [1.54, 1.807) is 31.2 Å². The molecule has 3 rings (SSSR count). The number of hydrogen-bond acceptors (Lipinski definition) is 6. The number of carbonyl (C=O) groups excluding carboxylic acids is 1. The third kappa shape index (κ3) is 4.09. The number of halogens is 4. The lowest BCUT2D eigenvalue weighted by Gasteiger charge is -2.14. The predicted octanol–water partition coefficient (Wildman–Crippen LogP) is 5.33. The zero-order chi connectivity index (χ0) is 20.3. The molecular formula is C18H13ClF3N3O3. The lowest BCUT2D eigenvalue weighted by molar-refractivity contribution is -0.141. The lowest BCUT2D eigenvalue weighted by Crippen LogP contribution is -2.11. The van der Waals surface area contributed by atoms with Gasteiger partial charge in [-0.3, -0.25) is 0 Å². The molecule has 0 atom stereocenters. The SMILES string of the molecule is CCOC(=O)c1ncoc1-c1ccc(C(F)(F)F)nc1Nc1ccccc1Cl. The number of esters is 1. The van der Waals surface area contributed by atoms with Crippen LogP contribution in [0.3, 0.4) is 0 Å². The Balaban J connectivity index is 2.13. The van der Waals surface area contributed by atoms with Gasteiger partial charge in [0.1, 0.15) is 11.5 Å². The van der Waals surface area contributed by atoms with Crippen molar-refractivity contribution < 1.29 is 27.1 Å². The molecule has 2 aromatic heterocycles. The third-order valence-corrected chi connectivity index (χ3v) is 3.92. The Morgan fingerprint density at radius 1 is 1.25 bits per heavy atom. The molecular weight excluding hydrogens is 399 g/mol. The number of nitrogens with zero attached hydrogens (tertiary/aromatic N) is 2. The first-order valence-electron chi connectivity index (χ1n) is 8.02. The second-order valence-electron chi connectivity index (χ2n) is 5.45. The zero-order valence-corrected chi connectivity index (χ0v) is 15.1. The van der Waals surface area contributed by atoms with E-state index in [1.807, 2.05) is 0 Å². The first-order valence-corrected chi connectivity index (χ1v) is 8.39. The van der Waals surface area contributed by atoms with Crippen molar-refractivity contribution >= 4 is 29.1 Å². The van der Waals surface area contributed by atoms with E-state index >= 15 is 0 Å². The number of aromatic nitrogens is 2. The van der Waals surface area contributed by atoms with Crippen molar-refractivity contribution in [2.24, 2.45) is 0 Å². The van der Waals surface area contributed by atoms with Gasteiger partial charge in [0, 0.05) is 0 Å². The van der Waals surface area contributed by atoms with Crippen LogP contribution in [0.4, 0.5) is 24.7 Å². The molecule has 0 aliphatic carbocycles. The summed E-state index contributed by atoms with van der Waals surface area (Å²) in [4.78, 5) is 19.5. The first-order chi connectivity index (χ1) is 13.3. The fourth-order valence-electron chi connectivity index (χ4n) is 2.37. The van der Waals surface area contributed by atoms with Gasteiger partial charge in [-0.2, -0.15) is 13.2 Å². The summed E-state index contributed by atoms with van der Waals surface area (Å²) in [6.45, 7) is 1.71. The summed E-state index contributed by atoms with van der Waals surface area (Å²) in [5.41, 5.74) is -0.878. The molecule has 0 aliphatic heterocycles. The maximum Gasteiger partial charge on any atom is 0.433 e. The summed E-state index contributed by atoms with van der Waals surface area (Å²) < 4.78 is 49.6. The molecule has 0 radical (unpaired) electrons. The van der Waals surface area contributed by atoms with Crippen LogP contribution in [0.25, 0.3) is 11.3 Å². The van der Waals surface area contributed by atoms with Gasteiger partial charge in [0.25, 0.3) is 0 Å². The van der Waals surface area contributed by atoms with Crippen LogP contribution < -0.4 is 5.32 Å². The van der Waals surface area contributed by atoms with E-state index in [-0.39, 0.29) is 34.5 Å². The Morgan fingerprint density at radius 2 is 2.00 bits per heavy atom. The van der Waals surface area contributed by atoms with Crippen molar-refractivity contribution in [3.05, 3.63) is 59.2 Å². The van der Waals surface area contributed by atoms with Crippen LogP contribution in [-0.4, -0.2) is 22.5 Å². The largest absolute Gasteiger partial charge is 0.461 e. The highest BCUT2D eigenvalue weighted by Gasteiger charge is 2.34. The van der Waals surface area contributed by atoms with Crippen molar-refractivity contribution in [2.75, 3.05) is 11.9 Å². The number of alkyl halides is 3. The number of hydrogen-bond donors (Lipinski definition) is 1. The van der Waals surface area contributed by atoms with E-state index in [0.717, 1.165) is 18.5 Å². The van der Waals surface area contributed by atoms with Gasteiger partial charge >= 0.3 is 12.1 Å². The van der Waals surface area contributed by atoms with Crippen molar-refractivity contribution in [1.29, 1.82) is 0 Å². The normalized spacial score (nSPS) is 11.3. The number of pyridine rings is 1. The summed E-state index contributed by atoms with van der Waals surface area (Å²) in [6, 6.07) is 8.38. The van der Waals surface area contributed by atoms with Crippen molar-refractivity contribution in [3.8, 4) is 11.3 Å². The second-order valence-corrected chi connectivity index (χ2v) is 5.85. The van der Waals surface area contributed by atoms with Crippen LogP contribution in [-0.2, 0) is 10.9 Å². The Morgan fingerprint density at radius 3 is 2.68 bits per heavy atom. The maximum atomic E-state index is 13.1. The number of anilines is 2. The van der Waals surface area contributed by atoms with E-state index in [9.17, 15) is 18.0 Å². The molecule has 0 amide bonds. The lowest BCUT2D eigenvalue weighted by atomic mass is 10.1. The predicted molar refractivity (Wildman–Crippen MR) is 95.4 cm³/mol. The Hall–Kier alpha value is -3.07. The third-order valence-electron chi connectivity index (χ3n) is 3.59. The van der Waals surface area contributed by atoms with Crippen molar-refractivity contribution in [1.82, 2.24) is 9.97 Å². The summed E-state index contributed by atoms with van der Waals surface area (Å²) in [5.74, 6) is -1.05. The zero-order valence-electron chi connectivity index (χ0n) is 14.4. The molecule has 10 heteroatoms. The molecule has 1 aromatic carbocycles. The second kappa shape index (κ2) is 7.89. The molecule has 2 heterocycles. The quantitative estimate of drug-likeness (QED) is 0.572. The summed E-state index contributed by atoms with van der Waals surface area (Å²) in [6.07, 6.45) is -3.67. The summed E-state index contributed by atoms with van der Waals surface area (Å²) in [7, 11) is 0. The monoisotopic (exact) mass is 411 g/mol. The van der Waals surface area contributed by atoms with E-state index in [1.165, 1.54) is 0 Å². The molecule has 6 nitrogen and oxygen atoms in total. The highest BCUT2D eigenvalue weighted by molar-refractivity contribution is 6.33. The average molecular weight is 412 g/mol. The topological polar surface area (TPSA) is 77.2 Å². The molecule has 0 aliphatic rings. The van der Waals surface area contributed by atoms with Gasteiger partial charge in [-0.1, -0.05) is 23.7 Å². The summed E-state index contributed by atoms with van der Waals surface area (Å²) >= 11 is 6.08. The Labute approximate surface area is 162 Å². The van der Waals surface area contributed by atoms with Crippen LogP contribution in [0.1, 0.15) is 23.1 Å². The summed E-state index contributed by atoms with van der Waals surface area (Å²) in [5, 5.41) is 3.03. The number of para-hydroxylation sites is 1.